The second kappa shape index (κ2) is 6.06. The van der Waals surface area contributed by atoms with Gasteiger partial charge < -0.3 is 9.72 Å². The molecule has 0 amide bonds. The Morgan fingerprint density at radius 2 is 1.90 bits per heavy atom. The molecule has 0 bridgehead atoms. The quantitative estimate of drug-likeness (QED) is 0.721. The van der Waals surface area contributed by atoms with E-state index >= 15 is 0 Å². The number of H-pyrrole nitrogens is 1. The average molecular weight is 297 g/mol. The van der Waals surface area contributed by atoms with Crippen LogP contribution in [0.3, 0.4) is 0 Å². The van der Waals surface area contributed by atoms with Crippen LogP contribution in [0.1, 0.15) is 17.4 Å². The molecule has 1 heterocycles. The zero-order valence-electron chi connectivity index (χ0n) is 11.6. The first-order valence-corrected chi connectivity index (χ1v) is 7.60. The van der Waals surface area contributed by atoms with E-state index in [2.05, 4.69) is 29.2 Å². The van der Waals surface area contributed by atoms with E-state index in [9.17, 15) is 4.79 Å². The Bertz CT molecular complexity index is 765. The van der Waals surface area contributed by atoms with Gasteiger partial charge >= 0.3 is 5.97 Å². The number of carbonyl (C=O) groups is 1. The Morgan fingerprint density at radius 1 is 1.10 bits per heavy atom. The van der Waals surface area contributed by atoms with Crippen LogP contribution >= 0.6 is 11.8 Å². The van der Waals surface area contributed by atoms with E-state index in [1.807, 2.05) is 30.3 Å². The van der Waals surface area contributed by atoms with E-state index in [1.54, 1.807) is 18.7 Å². The zero-order valence-corrected chi connectivity index (χ0v) is 12.4. The minimum atomic E-state index is -0.314. The maximum absolute atomic E-state index is 11.7. The molecule has 3 aromatic rings. The number of aromatic nitrogens is 1. The Hall–Kier alpha value is -2.20. The van der Waals surface area contributed by atoms with Crippen molar-refractivity contribution in [3.05, 3.63) is 60.3 Å². The first kappa shape index (κ1) is 13.8. The lowest BCUT2D eigenvalue weighted by atomic mass is 10.2. The number of ether oxygens (including phenoxy) is 1. The molecular weight excluding hydrogens is 282 g/mol. The molecule has 1 aromatic heterocycles. The summed E-state index contributed by atoms with van der Waals surface area (Å²) in [5, 5.41) is 1.01. The summed E-state index contributed by atoms with van der Waals surface area (Å²) in [5.41, 5.74) is 1.44. The standard InChI is InChI=1S/C17H15NO2S/c1-2-20-17(19)16-10-12-8-9-14(11-15(12)18-16)21-13-6-4-3-5-7-13/h3-11,18H,2H2,1H3. The second-order valence-corrected chi connectivity index (χ2v) is 5.71. The fraction of sp³-hybridized carbons (Fsp3) is 0.118. The Labute approximate surface area is 127 Å². The number of rotatable bonds is 4. The highest BCUT2D eigenvalue weighted by Gasteiger charge is 2.10. The highest BCUT2D eigenvalue weighted by atomic mass is 32.2. The second-order valence-electron chi connectivity index (χ2n) is 4.57. The van der Waals surface area contributed by atoms with Gasteiger partial charge in [-0.25, -0.2) is 4.79 Å². The van der Waals surface area contributed by atoms with E-state index in [0.29, 0.717) is 12.3 Å². The van der Waals surface area contributed by atoms with Crippen LogP contribution in [0.25, 0.3) is 10.9 Å². The molecule has 0 saturated carbocycles. The van der Waals surface area contributed by atoms with Gasteiger partial charge in [0.1, 0.15) is 5.69 Å². The molecule has 0 fully saturated rings. The van der Waals surface area contributed by atoms with Crippen LogP contribution in [-0.2, 0) is 4.74 Å². The van der Waals surface area contributed by atoms with Gasteiger partial charge in [0.25, 0.3) is 0 Å². The fourth-order valence-electron chi connectivity index (χ4n) is 2.11. The van der Waals surface area contributed by atoms with Gasteiger partial charge in [0, 0.05) is 20.7 Å². The zero-order chi connectivity index (χ0) is 14.7. The van der Waals surface area contributed by atoms with Crippen molar-refractivity contribution in [1.82, 2.24) is 4.98 Å². The minimum absolute atomic E-state index is 0.314. The van der Waals surface area contributed by atoms with Gasteiger partial charge in [-0.15, -0.1) is 0 Å². The molecule has 0 saturated heterocycles. The summed E-state index contributed by atoms with van der Waals surface area (Å²) in [4.78, 5) is 17.2. The largest absolute Gasteiger partial charge is 0.461 e. The monoisotopic (exact) mass is 297 g/mol. The third-order valence-electron chi connectivity index (χ3n) is 3.07. The summed E-state index contributed by atoms with van der Waals surface area (Å²) in [5.74, 6) is -0.314. The molecule has 3 nitrogen and oxygen atoms in total. The Balaban J connectivity index is 1.88. The van der Waals surface area contributed by atoms with Gasteiger partial charge in [0.05, 0.1) is 6.61 Å². The molecule has 106 valence electrons. The molecule has 0 atom stereocenters. The fourth-order valence-corrected chi connectivity index (χ4v) is 2.99. The van der Waals surface area contributed by atoms with Gasteiger partial charge in [-0.1, -0.05) is 36.0 Å². The molecule has 1 N–H and O–H groups in total. The van der Waals surface area contributed by atoms with E-state index in [4.69, 9.17) is 4.74 Å². The number of aromatic amines is 1. The SMILES string of the molecule is CCOC(=O)c1cc2ccc(Sc3ccccc3)cc2[nH]1. The minimum Gasteiger partial charge on any atom is -0.461 e. The summed E-state index contributed by atoms with van der Waals surface area (Å²) in [7, 11) is 0. The number of esters is 1. The predicted octanol–water partition coefficient (Wildman–Crippen LogP) is 4.50. The molecule has 4 heteroatoms. The van der Waals surface area contributed by atoms with Crippen LogP contribution in [-0.4, -0.2) is 17.6 Å². The third-order valence-corrected chi connectivity index (χ3v) is 4.07. The van der Waals surface area contributed by atoms with Crippen molar-refractivity contribution in [3.8, 4) is 0 Å². The molecule has 21 heavy (non-hydrogen) atoms. The highest BCUT2D eigenvalue weighted by molar-refractivity contribution is 7.99. The van der Waals surface area contributed by atoms with Crippen molar-refractivity contribution in [2.75, 3.05) is 6.61 Å². The van der Waals surface area contributed by atoms with Crippen molar-refractivity contribution < 1.29 is 9.53 Å². The van der Waals surface area contributed by atoms with Crippen LogP contribution in [0.2, 0.25) is 0 Å². The van der Waals surface area contributed by atoms with Gasteiger partial charge in [0.2, 0.25) is 0 Å². The summed E-state index contributed by atoms with van der Waals surface area (Å²) in [6, 6.07) is 18.1. The smallest absolute Gasteiger partial charge is 0.354 e. The number of carbonyl (C=O) groups excluding carboxylic acids is 1. The first-order chi connectivity index (χ1) is 10.3. The molecule has 0 spiro atoms. The summed E-state index contributed by atoms with van der Waals surface area (Å²) in [6.07, 6.45) is 0. The molecular formula is C17H15NO2S. The Kier molecular flexibility index (Phi) is 3.97. The van der Waals surface area contributed by atoms with Crippen LogP contribution in [0.15, 0.2) is 64.4 Å². The highest BCUT2D eigenvalue weighted by Crippen LogP contribution is 2.30. The van der Waals surface area contributed by atoms with Crippen molar-refractivity contribution in [3.63, 3.8) is 0 Å². The summed E-state index contributed by atoms with van der Waals surface area (Å²) < 4.78 is 5.01. The van der Waals surface area contributed by atoms with Gasteiger partial charge in [-0.05, 0) is 37.3 Å². The lowest BCUT2D eigenvalue weighted by molar-refractivity contribution is 0.0520. The van der Waals surface area contributed by atoms with Crippen LogP contribution in [0.5, 0.6) is 0 Å². The van der Waals surface area contributed by atoms with Gasteiger partial charge in [-0.2, -0.15) is 0 Å². The normalized spacial score (nSPS) is 10.7. The lowest BCUT2D eigenvalue weighted by Crippen LogP contribution is -2.04. The molecule has 0 aliphatic rings. The number of hydrogen-bond acceptors (Lipinski definition) is 3. The first-order valence-electron chi connectivity index (χ1n) is 6.79. The molecule has 2 aromatic carbocycles. The van der Waals surface area contributed by atoms with E-state index in [1.165, 1.54) is 4.90 Å². The van der Waals surface area contributed by atoms with E-state index < -0.39 is 0 Å². The number of benzene rings is 2. The predicted molar refractivity (Wildman–Crippen MR) is 84.8 cm³/mol. The maximum Gasteiger partial charge on any atom is 0.354 e. The molecule has 0 unspecified atom stereocenters. The number of hydrogen-bond donors (Lipinski definition) is 1. The lowest BCUT2D eigenvalue weighted by Gasteiger charge is -2.01. The topological polar surface area (TPSA) is 42.1 Å². The van der Waals surface area contributed by atoms with E-state index in [0.717, 1.165) is 15.8 Å². The van der Waals surface area contributed by atoms with Crippen molar-refractivity contribution in [1.29, 1.82) is 0 Å². The van der Waals surface area contributed by atoms with Crippen molar-refractivity contribution in [2.24, 2.45) is 0 Å². The van der Waals surface area contributed by atoms with Crippen molar-refractivity contribution in [2.45, 2.75) is 16.7 Å². The number of nitrogens with one attached hydrogen (secondary N) is 1. The molecule has 0 aliphatic heterocycles. The van der Waals surface area contributed by atoms with Gasteiger partial charge in [-0.3, -0.25) is 0 Å². The van der Waals surface area contributed by atoms with E-state index in [-0.39, 0.29) is 5.97 Å². The molecule has 3 rings (SSSR count). The van der Waals surface area contributed by atoms with Crippen LogP contribution in [0, 0.1) is 0 Å². The Morgan fingerprint density at radius 3 is 2.67 bits per heavy atom. The van der Waals surface area contributed by atoms with Crippen molar-refractivity contribution >= 4 is 28.6 Å². The third kappa shape index (κ3) is 3.11. The van der Waals surface area contributed by atoms with Gasteiger partial charge in [0.15, 0.2) is 0 Å². The summed E-state index contributed by atoms with van der Waals surface area (Å²) >= 11 is 1.69. The molecule has 0 radical (unpaired) electrons. The molecule has 0 aliphatic carbocycles. The maximum atomic E-state index is 11.7. The van der Waals surface area contributed by atoms with Crippen LogP contribution < -0.4 is 0 Å². The van der Waals surface area contributed by atoms with Crippen LogP contribution in [0.4, 0.5) is 0 Å². The summed E-state index contributed by atoms with van der Waals surface area (Å²) in [6.45, 7) is 2.18. The average Bonchev–Trinajstić information content (AvgIpc) is 2.92. The number of fused-ring (bicyclic) bond motifs is 1.